The van der Waals surface area contributed by atoms with E-state index in [1.165, 1.54) is 6.07 Å². The lowest BCUT2D eigenvalue weighted by Gasteiger charge is -2.06. The zero-order chi connectivity index (χ0) is 15.0. The minimum absolute atomic E-state index is 0.0586. The van der Waals surface area contributed by atoms with Gasteiger partial charge in [-0.05, 0) is 37.3 Å². The summed E-state index contributed by atoms with van der Waals surface area (Å²) in [6.07, 6.45) is 0.835. The lowest BCUT2D eigenvalue weighted by molar-refractivity contribution is 0.000799. The Kier molecular flexibility index (Phi) is 3.57. The van der Waals surface area contributed by atoms with Gasteiger partial charge in [-0.2, -0.15) is 0 Å². The first kappa shape index (κ1) is 13.9. The molecule has 0 spiro atoms. The van der Waals surface area contributed by atoms with E-state index in [1.54, 1.807) is 25.3 Å². The quantitative estimate of drug-likeness (QED) is 0.738. The molecule has 5 heteroatoms. The molecule has 1 atom stereocenters. The highest BCUT2D eigenvalue weighted by Crippen LogP contribution is 2.32. The van der Waals surface area contributed by atoms with Crippen LogP contribution >= 0.6 is 11.6 Å². The van der Waals surface area contributed by atoms with E-state index < -0.39 is 12.1 Å². The number of halogens is 2. The fourth-order valence-electron chi connectivity index (χ4n) is 2.27. The molecule has 1 aromatic heterocycles. The van der Waals surface area contributed by atoms with Gasteiger partial charge in [0.25, 0.3) is 0 Å². The molecule has 0 amide bonds. The van der Waals surface area contributed by atoms with E-state index in [4.69, 9.17) is 16.3 Å². The van der Waals surface area contributed by atoms with Gasteiger partial charge < -0.3 is 14.4 Å². The third-order valence-corrected chi connectivity index (χ3v) is 3.44. The van der Waals surface area contributed by atoms with Crippen LogP contribution in [0.2, 0.25) is 5.02 Å². The summed E-state index contributed by atoms with van der Waals surface area (Å²) in [5, 5.41) is 10.3. The first-order valence-corrected chi connectivity index (χ1v) is 6.84. The van der Waals surface area contributed by atoms with Crippen LogP contribution in [0.4, 0.5) is 4.39 Å². The van der Waals surface area contributed by atoms with Gasteiger partial charge >= 0.3 is 0 Å². The second kappa shape index (κ2) is 5.39. The molecule has 1 N–H and O–H groups in total. The summed E-state index contributed by atoms with van der Waals surface area (Å²) < 4.78 is 20.6. The molecule has 3 aromatic rings. The van der Waals surface area contributed by atoms with E-state index in [0.29, 0.717) is 5.75 Å². The Labute approximate surface area is 126 Å². The molecule has 108 valence electrons. The summed E-state index contributed by atoms with van der Waals surface area (Å²) in [4.78, 5) is 0. The maximum absolute atomic E-state index is 13.3. The molecule has 3 nitrogen and oxygen atoms in total. The molecule has 21 heavy (non-hydrogen) atoms. The molecule has 0 fully saturated rings. The van der Waals surface area contributed by atoms with E-state index >= 15 is 0 Å². The van der Waals surface area contributed by atoms with Crippen LogP contribution in [-0.2, 0) is 0 Å². The van der Waals surface area contributed by atoms with Gasteiger partial charge in [-0.1, -0.05) is 23.7 Å². The number of hydrogen-bond acceptors (Lipinski definition) is 2. The van der Waals surface area contributed by atoms with Crippen molar-refractivity contribution in [2.24, 2.45) is 0 Å². The normalized spacial score (nSPS) is 12.6. The Bertz CT molecular complexity index is 798. The topological polar surface area (TPSA) is 34.4 Å². The number of rotatable bonds is 3. The molecule has 0 saturated heterocycles. The Morgan fingerprint density at radius 2 is 2.00 bits per heavy atom. The summed E-state index contributed by atoms with van der Waals surface area (Å²) in [5.74, 6) is 0.0957. The molecule has 1 unspecified atom stereocenters. The van der Waals surface area contributed by atoms with Crippen molar-refractivity contribution in [3.05, 3.63) is 59.5 Å². The fourth-order valence-corrected chi connectivity index (χ4v) is 2.45. The number of aliphatic hydroxyl groups is 1. The van der Waals surface area contributed by atoms with Gasteiger partial charge in [0.1, 0.15) is 11.6 Å². The first-order chi connectivity index (χ1) is 10.1. The molecule has 0 aliphatic carbocycles. The Morgan fingerprint density at radius 3 is 2.71 bits per heavy atom. The zero-order valence-electron chi connectivity index (χ0n) is 11.3. The predicted octanol–water partition coefficient (Wildman–Crippen LogP) is 4.14. The van der Waals surface area contributed by atoms with Gasteiger partial charge in [-0.3, -0.25) is 0 Å². The average molecular weight is 306 g/mol. The maximum Gasteiger partial charge on any atom is 0.194 e. The number of fused-ring (bicyclic) bond motifs is 1. The van der Waals surface area contributed by atoms with Crippen LogP contribution in [0.1, 0.15) is 6.92 Å². The summed E-state index contributed by atoms with van der Waals surface area (Å²) >= 11 is 5.85. The van der Waals surface area contributed by atoms with E-state index in [1.807, 2.05) is 28.8 Å². The van der Waals surface area contributed by atoms with Crippen molar-refractivity contribution >= 4 is 22.5 Å². The summed E-state index contributed by atoms with van der Waals surface area (Å²) in [5.41, 5.74) is 1.61. The first-order valence-electron chi connectivity index (χ1n) is 6.46. The van der Waals surface area contributed by atoms with Crippen LogP contribution in [0, 0.1) is 5.82 Å². The molecule has 3 rings (SSSR count). The smallest absolute Gasteiger partial charge is 0.194 e. The van der Waals surface area contributed by atoms with Crippen LogP contribution in [0.3, 0.4) is 0 Å². The van der Waals surface area contributed by atoms with Crippen LogP contribution in [0.25, 0.3) is 16.6 Å². The molecule has 0 radical (unpaired) electrons. The highest BCUT2D eigenvalue weighted by atomic mass is 35.5. The van der Waals surface area contributed by atoms with Gasteiger partial charge in [0.15, 0.2) is 6.29 Å². The molecule has 0 saturated carbocycles. The van der Waals surface area contributed by atoms with Gasteiger partial charge in [-0.25, -0.2) is 4.39 Å². The third kappa shape index (κ3) is 2.60. The van der Waals surface area contributed by atoms with E-state index in [9.17, 15) is 9.50 Å². The van der Waals surface area contributed by atoms with E-state index in [0.717, 1.165) is 16.6 Å². The van der Waals surface area contributed by atoms with Crippen molar-refractivity contribution in [2.75, 3.05) is 0 Å². The Hall–Kier alpha value is -2.04. The second-order valence-electron chi connectivity index (χ2n) is 4.70. The molecule has 0 aliphatic rings. The SMILES string of the molecule is CC(O)Oc1cn(-c2ccc(F)c(Cl)c2)c2ccccc12. The summed E-state index contributed by atoms with van der Waals surface area (Å²) in [6.45, 7) is 1.54. The lowest BCUT2D eigenvalue weighted by atomic mass is 10.2. The minimum Gasteiger partial charge on any atom is -0.463 e. The maximum atomic E-state index is 13.3. The number of aliphatic hydroxyl groups excluding tert-OH is 1. The van der Waals surface area contributed by atoms with Crippen molar-refractivity contribution in [3.8, 4) is 11.4 Å². The standard InChI is InChI=1S/C16H13ClFNO2/c1-10(20)21-16-9-19(15-5-3-2-4-12(15)16)11-6-7-14(18)13(17)8-11/h2-10,20H,1H3. The monoisotopic (exact) mass is 305 g/mol. The lowest BCUT2D eigenvalue weighted by Crippen LogP contribution is -2.09. The van der Waals surface area contributed by atoms with Crippen LogP contribution in [0.15, 0.2) is 48.7 Å². The van der Waals surface area contributed by atoms with Gasteiger partial charge in [0.2, 0.25) is 0 Å². The van der Waals surface area contributed by atoms with Gasteiger partial charge in [0.05, 0.1) is 16.7 Å². The number of hydrogen-bond donors (Lipinski definition) is 1. The molecule has 0 bridgehead atoms. The minimum atomic E-state index is -0.916. The number of ether oxygens (including phenoxy) is 1. The molecule has 0 aliphatic heterocycles. The van der Waals surface area contributed by atoms with Crippen molar-refractivity contribution in [1.82, 2.24) is 4.57 Å². The van der Waals surface area contributed by atoms with Crippen molar-refractivity contribution in [2.45, 2.75) is 13.2 Å². The molecular formula is C16H13ClFNO2. The molecule has 1 heterocycles. The van der Waals surface area contributed by atoms with Crippen LogP contribution in [0.5, 0.6) is 5.75 Å². The molecular weight excluding hydrogens is 293 g/mol. The second-order valence-corrected chi connectivity index (χ2v) is 5.10. The zero-order valence-corrected chi connectivity index (χ0v) is 12.0. The largest absolute Gasteiger partial charge is 0.463 e. The van der Waals surface area contributed by atoms with Gasteiger partial charge in [-0.15, -0.1) is 0 Å². The average Bonchev–Trinajstić information content (AvgIpc) is 2.80. The third-order valence-electron chi connectivity index (χ3n) is 3.15. The van der Waals surface area contributed by atoms with Crippen molar-refractivity contribution in [3.63, 3.8) is 0 Å². The predicted molar refractivity (Wildman–Crippen MR) is 80.6 cm³/mol. The van der Waals surface area contributed by atoms with E-state index in [2.05, 4.69) is 0 Å². The number of nitrogens with zero attached hydrogens (tertiary/aromatic N) is 1. The highest BCUT2D eigenvalue weighted by Gasteiger charge is 2.13. The highest BCUT2D eigenvalue weighted by molar-refractivity contribution is 6.30. The Morgan fingerprint density at radius 1 is 1.24 bits per heavy atom. The molecule has 2 aromatic carbocycles. The van der Waals surface area contributed by atoms with Crippen LogP contribution < -0.4 is 4.74 Å². The number of aromatic nitrogens is 1. The number of benzene rings is 2. The van der Waals surface area contributed by atoms with Crippen molar-refractivity contribution < 1.29 is 14.2 Å². The van der Waals surface area contributed by atoms with Crippen molar-refractivity contribution in [1.29, 1.82) is 0 Å². The van der Waals surface area contributed by atoms with Gasteiger partial charge in [0, 0.05) is 11.1 Å². The van der Waals surface area contributed by atoms with E-state index in [-0.39, 0.29) is 5.02 Å². The summed E-state index contributed by atoms with van der Waals surface area (Å²) in [6, 6.07) is 12.1. The fraction of sp³-hybridized carbons (Fsp3) is 0.125. The Balaban J connectivity index is 2.20. The summed E-state index contributed by atoms with van der Waals surface area (Å²) in [7, 11) is 0. The number of para-hydroxylation sites is 1. The van der Waals surface area contributed by atoms with Crippen LogP contribution in [-0.4, -0.2) is 16.0 Å².